The monoisotopic (exact) mass is 296 g/mol. The summed E-state index contributed by atoms with van der Waals surface area (Å²) in [6.45, 7) is 5.87. The van der Waals surface area contributed by atoms with Crippen LogP contribution in [-0.2, 0) is 0 Å². The van der Waals surface area contributed by atoms with Gasteiger partial charge < -0.3 is 5.32 Å². The first kappa shape index (κ1) is 14.3. The molecule has 2 nitrogen and oxygen atoms in total. The largest absolute Gasteiger partial charge is 0.314 e. The lowest BCUT2D eigenvalue weighted by Gasteiger charge is -2.43. The molecule has 1 aromatic rings. The molecule has 20 heavy (non-hydrogen) atoms. The molecule has 1 atom stereocenters. The molecule has 1 N–H and O–H groups in total. The Bertz CT molecular complexity index is 482. The van der Waals surface area contributed by atoms with Crippen molar-refractivity contribution >= 4 is 11.6 Å². The predicted molar refractivity (Wildman–Crippen MR) is 80.7 cm³/mol. The summed E-state index contributed by atoms with van der Waals surface area (Å²) >= 11 is 6.46. The van der Waals surface area contributed by atoms with Gasteiger partial charge in [0.25, 0.3) is 0 Å². The van der Waals surface area contributed by atoms with Crippen LogP contribution < -0.4 is 5.32 Å². The van der Waals surface area contributed by atoms with Crippen LogP contribution in [0.25, 0.3) is 0 Å². The number of benzene rings is 1. The molecule has 1 aromatic carbocycles. The molecule has 1 heterocycles. The maximum Gasteiger partial charge on any atom is 0.129 e. The molecule has 0 unspecified atom stereocenters. The van der Waals surface area contributed by atoms with Crippen LogP contribution >= 0.6 is 11.6 Å². The van der Waals surface area contributed by atoms with Crippen molar-refractivity contribution in [2.24, 2.45) is 5.92 Å². The minimum absolute atomic E-state index is 0.143. The minimum atomic E-state index is -0.143. The van der Waals surface area contributed by atoms with Crippen LogP contribution in [0.15, 0.2) is 12.1 Å². The first-order valence-electron chi connectivity index (χ1n) is 7.57. The van der Waals surface area contributed by atoms with Gasteiger partial charge in [0.1, 0.15) is 5.82 Å². The molecule has 1 saturated carbocycles. The van der Waals surface area contributed by atoms with E-state index in [0.717, 1.165) is 37.3 Å². The number of piperazine rings is 1. The summed E-state index contributed by atoms with van der Waals surface area (Å²) in [4.78, 5) is 2.42. The lowest BCUT2D eigenvalue weighted by Crippen LogP contribution is -2.48. The van der Waals surface area contributed by atoms with E-state index in [-0.39, 0.29) is 11.9 Å². The average Bonchev–Trinajstić information content (AvgIpc) is 2.41. The van der Waals surface area contributed by atoms with Gasteiger partial charge in [-0.05, 0) is 37.3 Å². The van der Waals surface area contributed by atoms with E-state index in [2.05, 4.69) is 10.2 Å². The van der Waals surface area contributed by atoms with E-state index in [1.54, 1.807) is 12.1 Å². The average molecular weight is 297 g/mol. The maximum atomic E-state index is 14.4. The summed E-state index contributed by atoms with van der Waals surface area (Å²) in [6, 6.07) is 3.50. The summed E-state index contributed by atoms with van der Waals surface area (Å²) in [5.41, 5.74) is 1.71. The van der Waals surface area contributed by atoms with Gasteiger partial charge >= 0.3 is 0 Å². The molecule has 0 aromatic heterocycles. The number of hydrogen-bond donors (Lipinski definition) is 1. The molecule has 1 aliphatic heterocycles. The zero-order valence-corrected chi connectivity index (χ0v) is 12.7. The van der Waals surface area contributed by atoms with Gasteiger partial charge in [-0.15, -0.1) is 0 Å². The molecule has 1 saturated heterocycles. The second kappa shape index (κ2) is 6.00. The Labute approximate surface area is 125 Å². The van der Waals surface area contributed by atoms with Crippen molar-refractivity contribution < 1.29 is 4.39 Å². The molecule has 0 radical (unpaired) electrons. The van der Waals surface area contributed by atoms with E-state index in [4.69, 9.17) is 11.6 Å². The van der Waals surface area contributed by atoms with Crippen molar-refractivity contribution in [3.05, 3.63) is 34.1 Å². The normalized spacial score (nSPS) is 22.6. The molecule has 1 aliphatic carbocycles. The van der Waals surface area contributed by atoms with Gasteiger partial charge in [0, 0.05) is 37.8 Å². The fourth-order valence-corrected chi connectivity index (χ4v) is 3.65. The third kappa shape index (κ3) is 2.59. The molecule has 4 heteroatoms. The smallest absolute Gasteiger partial charge is 0.129 e. The molecule has 2 fully saturated rings. The van der Waals surface area contributed by atoms with Crippen molar-refractivity contribution in [2.75, 3.05) is 26.2 Å². The molecule has 3 rings (SSSR count). The number of halogens is 2. The number of nitrogens with zero attached hydrogens (tertiary/aromatic N) is 1. The molecule has 0 bridgehead atoms. The molecule has 0 amide bonds. The summed E-state index contributed by atoms with van der Waals surface area (Å²) in [7, 11) is 0. The number of nitrogens with one attached hydrogen (secondary N) is 1. The predicted octanol–water partition coefficient (Wildman–Crippen LogP) is 3.53. The van der Waals surface area contributed by atoms with Crippen molar-refractivity contribution in [2.45, 2.75) is 32.2 Å². The molecular weight excluding hydrogens is 275 g/mol. The molecule has 2 aliphatic rings. The second-order valence-electron chi connectivity index (χ2n) is 6.01. The Kier molecular flexibility index (Phi) is 4.29. The number of aryl methyl sites for hydroxylation is 1. The van der Waals surface area contributed by atoms with Gasteiger partial charge in [-0.1, -0.05) is 24.1 Å². The summed E-state index contributed by atoms with van der Waals surface area (Å²) in [5.74, 6) is 0.415. The summed E-state index contributed by atoms with van der Waals surface area (Å²) < 4.78 is 14.4. The minimum Gasteiger partial charge on any atom is -0.314 e. The Hall–Kier alpha value is -0.640. The SMILES string of the molecule is Cc1ccc(F)c([C@@H](C2CCC2)N2CCNCC2)c1Cl. The van der Waals surface area contributed by atoms with E-state index < -0.39 is 0 Å². The van der Waals surface area contributed by atoms with Gasteiger partial charge in [-0.25, -0.2) is 4.39 Å². The number of rotatable bonds is 3. The maximum absolute atomic E-state index is 14.4. The third-order valence-electron chi connectivity index (χ3n) is 4.76. The van der Waals surface area contributed by atoms with Gasteiger partial charge in [-0.3, -0.25) is 4.90 Å². The fourth-order valence-electron chi connectivity index (χ4n) is 3.38. The quantitative estimate of drug-likeness (QED) is 0.918. The second-order valence-corrected chi connectivity index (χ2v) is 6.39. The van der Waals surface area contributed by atoms with E-state index in [1.165, 1.54) is 19.3 Å². The summed E-state index contributed by atoms with van der Waals surface area (Å²) in [5, 5.41) is 3.99. The van der Waals surface area contributed by atoms with E-state index in [1.807, 2.05) is 6.92 Å². The van der Waals surface area contributed by atoms with E-state index in [0.29, 0.717) is 10.9 Å². The van der Waals surface area contributed by atoms with Crippen LogP contribution in [0.5, 0.6) is 0 Å². The molecule has 110 valence electrons. The Morgan fingerprint density at radius 3 is 2.60 bits per heavy atom. The van der Waals surface area contributed by atoms with Gasteiger partial charge in [0.15, 0.2) is 0 Å². The van der Waals surface area contributed by atoms with Crippen molar-refractivity contribution in [3.8, 4) is 0 Å². The van der Waals surface area contributed by atoms with Crippen molar-refractivity contribution in [3.63, 3.8) is 0 Å². The Morgan fingerprint density at radius 2 is 2.00 bits per heavy atom. The first-order chi connectivity index (χ1) is 9.68. The zero-order chi connectivity index (χ0) is 14.1. The van der Waals surface area contributed by atoms with Gasteiger partial charge in [-0.2, -0.15) is 0 Å². The highest BCUT2D eigenvalue weighted by atomic mass is 35.5. The highest BCUT2D eigenvalue weighted by molar-refractivity contribution is 6.32. The number of hydrogen-bond acceptors (Lipinski definition) is 2. The Balaban J connectivity index is 1.98. The van der Waals surface area contributed by atoms with Crippen LogP contribution in [-0.4, -0.2) is 31.1 Å². The fraction of sp³-hybridized carbons (Fsp3) is 0.625. The van der Waals surface area contributed by atoms with Crippen LogP contribution in [0.1, 0.15) is 36.4 Å². The van der Waals surface area contributed by atoms with Crippen molar-refractivity contribution in [1.29, 1.82) is 0 Å². The Morgan fingerprint density at radius 1 is 1.30 bits per heavy atom. The summed E-state index contributed by atoms with van der Waals surface area (Å²) in [6.07, 6.45) is 3.65. The van der Waals surface area contributed by atoms with Crippen LogP contribution in [0.4, 0.5) is 4.39 Å². The lowest BCUT2D eigenvalue weighted by molar-refractivity contribution is 0.0812. The van der Waals surface area contributed by atoms with Crippen molar-refractivity contribution in [1.82, 2.24) is 10.2 Å². The highest BCUT2D eigenvalue weighted by Gasteiger charge is 2.36. The highest BCUT2D eigenvalue weighted by Crippen LogP contribution is 2.45. The van der Waals surface area contributed by atoms with Gasteiger partial charge in [0.05, 0.1) is 5.02 Å². The van der Waals surface area contributed by atoms with E-state index >= 15 is 0 Å². The molecule has 0 spiro atoms. The third-order valence-corrected chi connectivity index (χ3v) is 5.26. The van der Waals surface area contributed by atoms with Crippen LogP contribution in [0, 0.1) is 18.7 Å². The standard InChI is InChI=1S/C16H22ClFN2/c1-11-5-6-13(18)14(15(11)17)16(12-3-2-4-12)20-9-7-19-8-10-20/h5-6,12,16,19H,2-4,7-10H2,1H3/t16-/m1/s1. The first-order valence-corrected chi connectivity index (χ1v) is 7.95. The lowest BCUT2D eigenvalue weighted by atomic mass is 9.76. The molecular formula is C16H22ClFN2. The van der Waals surface area contributed by atoms with Gasteiger partial charge in [0.2, 0.25) is 0 Å². The topological polar surface area (TPSA) is 15.3 Å². The van der Waals surface area contributed by atoms with Crippen LogP contribution in [0.2, 0.25) is 5.02 Å². The zero-order valence-electron chi connectivity index (χ0n) is 12.0. The van der Waals surface area contributed by atoms with E-state index in [9.17, 15) is 4.39 Å². The van der Waals surface area contributed by atoms with Crippen LogP contribution in [0.3, 0.4) is 0 Å².